The normalized spacial score (nSPS) is 0. The molecular weight excluding hydrogens is 127 g/mol. The van der Waals surface area contributed by atoms with Gasteiger partial charge in [-0.1, -0.05) is 0 Å². The van der Waals surface area contributed by atoms with Crippen LogP contribution in [0.5, 0.6) is 0 Å². The van der Waals surface area contributed by atoms with Crippen LogP contribution in [0.3, 0.4) is 0 Å². The average Bonchev–Trinajstić information content (AvgIpc) is 0. The maximum absolute atomic E-state index is 0. The Labute approximate surface area is 62.6 Å². The van der Waals surface area contributed by atoms with Crippen molar-refractivity contribution in [3.8, 4) is 0 Å². The summed E-state index contributed by atoms with van der Waals surface area (Å²) in [6, 6.07) is 0. The number of rotatable bonds is 0. The molecule has 0 unspecified atom stereocenters. The summed E-state index contributed by atoms with van der Waals surface area (Å²) in [5.41, 5.74) is 0. The quantitative estimate of drug-likeness (QED) is 0.304. The zero-order valence-electron chi connectivity index (χ0n) is 2.17. The van der Waals surface area contributed by atoms with E-state index >= 15 is 0 Å². The molecule has 0 nitrogen and oxygen atoms in total. The standard InChI is InChI=1S/Fe.Li.2S/q+3;+1;2*-2. The van der Waals surface area contributed by atoms with Crippen LogP contribution in [-0.2, 0) is 44.1 Å². The van der Waals surface area contributed by atoms with E-state index in [0.29, 0.717) is 0 Å². The third-order valence-corrected chi connectivity index (χ3v) is 0. The third kappa shape index (κ3) is 9.17. The van der Waals surface area contributed by atoms with Crippen LogP contribution in [-0.4, -0.2) is 0 Å². The van der Waals surface area contributed by atoms with Crippen molar-refractivity contribution >= 4 is 27.0 Å². The molecule has 0 aromatic rings. The molecule has 0 aliphatic carbocycles. The first-order valence-electron chi connectivity index (χ1n) is 0. The third-order valence-electron chi connectivity index (χ3n) is 0. The van der Waals surface area contributed by atoms with Crippen LogP contribution >= 0.6 is 0 Å². The largest absolute Gasteiger partial charge is 3.00 e. The van der Waals surface area contributed by atoms with Gasteiger partial charge in [-0.2, -0.15) is 0 Å². The average molecular weight is 127 g/mol. The van der Waals surface area contributed by atoms with Crippen molar-refractivity contribution in [1.82, 2.24) is 0 Å². The Morgan fingerprint density at radius 3 is 0.750 bits per heavy atom. The van der Waals surface area contributed by atoms with Gasteiger partial charge in [0.05, 0.1) is 0 Å². The maximum atomic E-state index is 0. The molecule has 1 radical (unpaired) electrons. The minimum atomic E-state index is 0. The van der Waals surface area contributed by atoms with Crippen molar-refractivity contribution in [2.45, 2.75) is 0 Å². The van der Waals surface area contributed by atoms with Crippen LogP contribution in [0, 0.1) is 0 Å². The second-order valence-electron chi connectivity index (χ2n) is 0. The second kappa shape index (κ2) is 21.3. The fraction of sp³-hybridized carbons (Fsp3) is 0. The van der Waals surface area contributed by atoms with E-state index in [1.54, 1.807) is 0 Å². The molecule has 0 fully saturated rings. The van der Waals surface area contributed by atoms with Gasteiger partial charge < -0.3 is 27.0 Å². The number of hydrogen-bond acceptors (Lipinski definition) is 0. The van der Waals surface area contributed by atoms with Crippen LogP contribution < -0.4 is 18.9 Å². The van der Waals surface area contributed by atoms with Crippen molar-refractivity contribution in [2.24, 2.45) is 0 Å². The molecule has 0 aromatic carbocycles. The molecule has 4 heavy (non-hydrogen) atoms. The first-order valence-corrected chi connectivity index (χ1v) is 0. The molecule has 0 rings (SSSR count). The van der Waals surface area contributed by atoms with Gasteiger partial charge in [-0.05, 0) is 0 Å². The molecule has 0 amide bonds. The summed E-state index contributed by atoms with van der Waals surface area (Å²) >= 11 is 0. The first-order chi connectivity index (χ1) is 0. The first kappa shape index (κ1) is 40.9. The summed E-state index contributed by atoms with van der Waals surface area (Å²) in [5.74, 6) is 0. The van der Waals surface area contributed by atoms with Gasteiger partial charge in [-0.15, -0.1) is 0 Å². The summed E-state index contributed by atoms with van der Waals surface area (Å²) in [5, 5.41) is 0. The van der Waals surface area contributed by atoms with Crippen LogP contribution in [0.1, 0.15) is 0 Å². The Bertz CT molecular complexity index is 6.00. The Morgan fingerprint density at radius 2 is 0.750 bits per heavy atom. The van der Waals surface area contributed by atoms with Gasteiger partial charge in [0.25, 0.3) is 0 Å². The monoisotopic (exact) mass is 127 g/mol. The van der Waals surface area contributed by atoms with Crippen molar-refractivity contribution in [3.05, 3.63) is 0 Å². The summed E-state index contributed by atoms with van der Waals surface area (Å²) in [6.45, 7) is 0. The fourth-order valence-electron chi connectivity index (χ4n) is 0. The zero-order chi connectivity index (χ0) is 0. The van der Waals surface area contributed by atoms with Crippen LogP contribution in [0.25, 0.3) is 0 Å². The molecule has 0 bridgehead atoms. The van der Waals surface area contributed by atoms with E-state index in [-0.39, 0.29) is 62.9 Å². The van der Waals surface area contributed by atoms with Crippen molar-refractivity contribution in [2.75, 3.05) is 0 Å². The SMILES string of the molecule is [Fe+3].[Li+].[S-2].[S-2]. The van der Waals surface area contributed by atoms with Crippen molar-refractivity contribution in [1.29, 1.82) is 0 Å². The van der Waals surface area contributed by atoms with Crippen LogP contribution in [0.15, 0.2) is 0 Å². The van der Waals surface area contributed by atoms with Gasteiger partial charge in [0, 0.05) is 0 Å². The molecule has 0 atom stereocenters. The van der Waals surface area contributed by atoms with E-state index in [9.17, 15) is 0 Å². The Kier molecular flexibility index (Phi) is 217. The van der Waals surface area contributed by atoms with Crippen LogP contribution in [0.2, 0.25) is 0 Å². The Hall–Kier alpha value is 1.82. The summed E-state index contributed by atoms with van der Waals surface area (Å²) in [7, 11) is 0. The predicted molar refractivity (Wildman–Crippen MR) is 14.7 cm³/mol. The summed E-state index contributed by atoms with van der Waals surface area (Å²) < 4.78 is 0. The topological polar surface area (TPSA) is 0 Å². The summed E-state index contributed by atoms with van der Waals surface area (Å²) in [4.78, 5) is 0. The van der Waals surface area contributed by atoms with Gasteiger partial charge >= 0.3 is 35.9 Å². The van der Waals surface area contributed by atoms with E-state index in [0.717, 1.165) is 0 Å². The molecule has 0 saturated carbocycles. The molecule has 0 spiro atoms. The van der Waals surface area contributed by atoms with E-state index in [2.05, 4.69) is 0 Å². The molecule has 0 heterocycles. The fourth-order valence-corrected chi connectivity index (χ4v) is 0. The van der Waals surface area contributed by atoms with E-state index in [1.807, 2.05) is 0 Å². The molecule has 0 saturated heterocycles. The van der Waals surface area contributed by atoms with E-state index in [1.165, 1.54) is 0 Å². The summed E-state index contributed by atoms with van der Waals surface area (Å²) in [6.07, 6.45) is 0. The molecular formula is FeLiS2. The van der Waals surface area contributed by atoms with Gasteiger partial charge in [0.2, 0.25) is 0 Å². The molecule has 4 heteroatoms. The molecule has 0 aliphatic rings. The molecule has 0 aliphatic heterocycles. The number of hydrogen-bond donors (Lipinski definition) is 0. The van der Waals surface area contributed by atoms with E-state index in [4.69, 9.17) is 0 Å². The molecule has 0 aromatic heterocycles. The zero-order valence-corrected chi connectivity index (χ0v) is 4.91. The van der Waals surface area contributed by atoms with Crippen molar-refractivity contribution in [3.63, 3.8) is 0 Å². The van der Waals surface area contributed by atoms with Crippen molar-refractivity contribution < 1.29 is 35.9 Å². The smallest absolute Gasteiger partial charge is 2.00 e. The Balaban J connectivity index is 0. The molecule has 0 N–H and O–H groups in total. The predicted octanol–water partition coefficient (Wildman–Crippen LogP) is -3.00. The maximum Gasteiger partial charge on any atom is 3.00 e. The molecule has 21 valence electrons. The van der Waals surface area contributed by atoms with Gasteiger partial charge in [-0.25, -0.2) is 0 Å². The van der Waals surface area contributed by atoms with Gasteiger partial charge in [0.1, 0.15) is 0 Å². The minimum Gasteiger partial charge on any atom is -2.00 e. The second-order valence-corrected chi connectivity index (χ2v) is 0. The minimum absolute atomic E-state index is 0. The van der Waals surface area contributed by atoms with Gasteiger partial charge in [0.15, 0.2) is 0 Å². The Morgan fingerprint density at radius 1 is 0.750 bits per heavy atom. The van der Waals surface area contributed by atoms with Gasteiger partial charge in [-0.3, -0.25) is 0 Å². The van der Waals surface area contributed by atoms with Crippen LogP contribution in [0.4, 0.5) is 0 Å². The van der Waals surface area contributed by atoms with E-state index < -0.39 is 0 Å².